The fourth-order valence-electron chi connectivity index (χ4n) is 2.38. The fraction of sp³-hybridized carbons (Fsp3) is 0.474. The number of aryl methyl sites for hydroxylation is 1. The summed E-state index contributed by atoms with van der Waals surface area (Å²) in [5.41, 5.74) is 1.16. The number of likely N-dealkylation sites (N-methyl/N-ethyl adjacent to an activating group) is 1. The Bertz CT molecular complexity index is 654. The van der Waals surface area contributed by atoms with Crippen molar-refractivity contribution in [1.82, 2.24) is 25.3 Å². The second kappa shape index (κ2) is 11.1. The van der Waals surface area contributed by atoms with Crippen molar-refractivity contribution >= 4 is 5.96 Å². The lowest BCUT2D eigenvalue weighted by atomic mass is 10.2. The van der Waals surface area contributed by atoms with E-state index in [2.05, 4.69) is 37.8 Å². The van der Waals surface area contributed by atoms with Gasteiger partial charge in [0.25, 0.3) is 0 Å². The summed E-state index contributed by atoms with van der Waals surface area (Å²) in [7, 11) is 5.86. The number of guanidine groups is 1. The van der Waals surface area contributed by atoms with Gasteiger partial charge in [-0.25, -0.2) is 0 Å². The molecule has 2 rings (SSSR count). The molecule has 2 N–H and O–H groups in total. The van der Waals surface area contributed by atoms with E-state index >= 15 is 0 Å². The SMILES string of the molecule is CN=C(NCCCn1cccn1)NCc1cccc(OCCN(C)C)c1. The molecule has 0 atom stereocenters. The zero-order chi connectivity index (χ0) is 18.6. The minimum atomic E-state index is 0.684. The maximum Gasteiger partial charge on any atom is 0.191 e. The number of hydrogen-bond donors (Lipinski definition) is 2. The molecule has 0 aliphatic carbocycles. The maximum absolute atomic E-state index is 5.78. The lowest BCUT2D eigenvalue weighted by Crippen LogP contribution is -2.37. The van der Waals surface area contributed by atoms with Crippen LogP contribution in [0.25, 0.3) is 0 Å². The van der Waals surface area contributed by atoms with Crippen molar-refractivity contribution in [2.75, 3.05) is 40.8 Å². The lowest BCUT2D eigenvalue weighted by Gasteiger charge is -2.14. The Kier molecular flexibility index (Phi) is 8.48. The molecule has 0 amide bonds. The molecule has 0 radical (unpaired) electrons. The maximum atomic E-state index is 5.78. The topological polar surface area (TPSA) is 66.7 Å². The van der Waals surface area contributed by atoms with Crippen LogP contribution in [0, 0.1) is 0 Å². The number of nitrogens with one attached hydrogen (secondary N) is 2. The molecule has 0 bridgehead atoms. The summed E-state index contributed by atoms with van der Waals surface area (Å²) in [4.78, 5) is 6.37. The Labute approximate surface area is 156 Å². The van der Waals surface area contributed by atoms with Crippen LogP contribution in [0.2, 0.25) is 0 Å². The molecule has 1 aromatic carbocycles. The van der Waals surface area contributed by atoms with E-state index < -0.39 is 0 Å². The van der Waals surface area contributed by atoms with E-state index in [9.17, 15) is 0 Å². The first kappa shape index (κ1) is 19.8. The van der Waals surface area contributed by atoms with E-state index in [1.54, 1.807) is 13.2 Å². The highest BCUT2D eigenvalue weighted by Gasteiger charge is 2.01. The van der Waals surface area contributed by atoms with Gasteiger partial charge < -0.3 is 20.3 Å². The molecule has 7 heteroatoms. The van der Waals surface area contributed by atoms with Crippen LogP contribution in [0.5, 0.6) is 5.75 Å². The predicted molar refractivity (Wildman–Crippen MR) is 106 cm³/mol. The van der Waals surface area contributed by atoms with E-state index in [1.807, 2.05) is 43.2 Å². The van der Waals surface area contributed by atoms with Gasteiger partial charge >= 0.3 is 0 Å². The second-order valence-corrected chi connectivity index (χ2v) is 6.27. The average molecular weight is 358 g/mol. The molecule has 0 aliphatic heterocycles. The number of rotatable bonds is 10. The molecule has 0 saturated carbocycles. The monoisotopic (exact) mass is 358 g/mol. The highest BCUT2D eigenvalue weighted by Crippen LogP contribution is 2.13. The summed E-state index contributed by atoms with van der Waals surface area (Å²) in [5, 5.41) is 10.9. The fourth-order valence-corrected chi connectivity index (χ4v) is 2.38. The summed E-state index contributed by atoms with van der Waals surface area (Å²) in [6, 6.07) is 10.1. The largest absolute Gasteiger partial charge is 0.492 e. The Morgan fingerprint density at radius 1 is 1.27 bits per heavy atom. The third-order valence-corrected chi connectivity index (χ3v) is 3.80. The highest BCUT2D eigenvalue weighted by atomic mass is 16.5. The summed E-state index contributed by atoms with van der Waals surface area (Å²) < 4.78 is 7.71. The molecule has 0 spiro atoms. The van der Waals surface area contributed by atoms with Gasteiger partial charge in [0.15, 0.2) is 5.96 Å². The smallest absolute Gasteiger partial charge is 0.191 e. The molecule has 0 aliphatic rings. The van der Waals surface area contributed by atoms with Crippen LogP contribution in [0.15, 0.2) is 47.7 Å². The van der Waals surface area contributed by atoms with Crippen molar-refractivity contribution in [2.24, 2.45) is 4.99 Å². The van der Waals surface area contributed by atoms with Gasteiger partial charge in [0.05, 0.1) is 0 Å². The van der Waals surface area contributed by atoms with Gasteiger partial charge in [-0.2, -0.15) is 5.10 Å². The van der Waals surface area contributed by atoms with Crippen LogP contribution < -0.4 is 15.4 Å². The Morgan fingerprint density at radius 2 is 2.15 bits per heavy atom. The van der Waals surface area contributed by atoms with Crippen molar-refractivity contribution in [3.05, 3.63) is 48.3 Å². The molecule has 0 fully saturated rings. The summed E-state index contributed by atoms with van der Waals surface area (Å²) in [6.07, 6.45) is 4.75. The average Bonchev–Trinajstić information content (AvgIpc) is 3.15. The van der Waals surface area contributed by atoms with Gasteiger partial charge in [-0.05, 0) is 44.3 Å². The van der Waals surface area contributed by atoms with Crippen LogP contribution in [0.1, 0.15) is 12.0 Å². The molecule has 1 aromatic heterocycles. The number of benzene rings is 1. The molecule has 1 heterocycles. The molecule has 26 heavy (non-hydrogen) atoms. The minimum absolute atomic E-state index is 0.684. The van der Waals surface area contributed by atoms with Crippen LogP contribution in [-0.4, -0.2) is 61.5 Å². The second-order valence-electron chi connectivity index (χ2n) is 6.27. The van der Waals surface area contributed by atoms with Crippen molar-refractivity contribution < 1.29 is 4.74 Å². The first-order valence-electron chi connectivity index (χ1n) is 8.96. The number of ether oxygens (including phenoxy) is 1. The molecule has 142 valence electrons. The number of nitrogens with zero attached hydrogens (tertiary/aromatic N) is 4. The summed E-state index contributed by atoms with van der Waals surface area (Å²) in [5.74, 6) is 1.69. The van der Waals surface area contributed by atoms with E-state index in [0.717, 1.165) is 43.3 Å². The first-order chi connectivity index (χ1) is 12.7. The normalized spacial score (nSPS) is 11.6. The Balaban J connectivity index is 1.70. The third-order valence-electron chi connectivity index (χ3n) is 3.80. The van der Waals surface area contributed by atoms with Crippen LogP contribution in [-0.2, 0) is 13.1 Å². The predicted octanol–water partition coefficient (Wildman–Crippen LogP) is 1.58. The van der Waals surface area contributed by atoms with Gasteiger partial charge in [-0.3, -0.25) is 9.67 Å². The van der Waals surface area contributed by atoms with Crippen LogP contribution in [0.3, 0.4) is 0 Å². The van der Waals surface area contributed by atoms with Crippen LogP contribution in [0.4, 0.5) is 0 Å². The van der Waals surface area contributed by atoms with E-state index in [-0.39, 0.29) is 0 Å². The van der Waals surface area contributed by atoms with Gasteiger partial charge in [0, 0.05) is 45.6 Å². The minimum Gasteiger partial charge on any atom is -0.492 e. The Morgan fingerprint density at radius 3 is 2.88 bits per heavy atom. The summed E-state index contributed by atoms with van der Waals surface area (Å²) >= 11 is 0. The first-order valence-corrected chi connectivity index (χ1v) is 8.96. The standard InChI is InChI=1S/C19H30N6O/c1-20-19(21-9-5-11-25-12-6-10-23-25)22-16-17-7-4-8-18(15-17)26-14-13-24(2)3/h4,6-8,10,12,15H,5,9,11,13-14,16H2,1-3H3,(H2,20,21,22). The molecule has 0 saturated heterocycles. The van der Waals surface area contributed by atoms with Crippen LogP contribution >= 0.6 is 0 Å². The number of hydrogen-bond acceptors (Lipinski definition) is 4. The molecule has 0 unspecified atom stereocenters. The van der Waals surface area contributed by atoms with Crippen molar-refractivity contribution in [3.8, 4) is 5.75 Å². The van der Waals surface area contributed by atoms with E-state index in [1.165, 1.54) is 0 Å². The van der Waals surface area contributed by atoms with E-state index in [4.69, 9.17) is 4.74 Å². The number of aromatic nitrogens is 2. The van der Waals surface area contributed by atoms with Gasteiger partial charge in [-0.1, -0.05) is 12.1 Å². The molecular weight excluding hydrogens is 328 g/mol. The lowest BCUT2D eigenvalue weighted by molar-refractivity contribution is 0.261. The number of aliphatic imine (C=N–C) groups is 1. The van der Waals surface area contributed by atoms with Gasteiger partial charge in [0.1, 0.15) is 12.4 Å². The highest BCUT2D eigenvalue weighted by molar-refractivity contribution is 5.79. The Hall–Kier alpha value is -2.54. The van der Waals surface area contributed by atoms with E-state index in [0.29, 0.717) is 13.2 Å². The third kappa shape index (κ3) is 7.57. The van der Waals surface area contributed by atoms with Gasteiger partial charge in [0.2, 0.25) is 0 Å². The molecule has 7 nitrogen and oxygen atoms in total. The zero-order valence-corrected chi connectivity index (χ0v) is 16.0. The van der Waals surface area contributed by atoms with Gasteiger partial charge in [-0.15, -0.1) is 0 Å². The molecule has 2 aromatic rings. The molecular formula is C19H30N6O. The quantitative estimate of drug-likeness (QED) is 0.383. The zero-order valence-electron chi connectivity index (χ0n) is 16.0. The van der Waals surface area contributed by atoms with Crippen molar-refractivity contribution in [1.29, 1.82) is 0 Å². The van der Waals surface area contributed by atoms with Crippen molar-refractivity contribution in [2.45, 2.75) is 19.5 Å². The van der Waals surface area contributed by atoms with Crippen molar-refractivity contribution in [3.63, 3.8) is 0 Å². The summed E-state index contributed by atoms with van der Waals surface area (Å²) in [6.45, 7) is 4.02.